The molecular weight excluding hydrogens is 282 g/mol. The second-order valence-electron chi connectivity index (χ2n) is 4.92. The van der Waals surface area contributed by atoms with E-state index < -0.39 is 6.61 Å². The van der Waals surface area contributed by atoms with Crippen molar-refractivity contribution in [2.75, 3.05) is 12.3 Å². The number of alkyl halides is 2. The van der Waals surface area contributed by atoms with Gasteiger partial charge in [0, 0.05) is 18.3 Å². The molecule has 1 atom stereocenters. The van der Waals surface area contributed by atoms with Crippen LogP contribution in [0, 0.1) is 0 Å². The molecular formula is C14H16F2N2OS. The van der Waals surface area contributed by atoms with Crippen LogP contribution in [0.5, 0.6) is 5.75 Å². The zero-order valence-electron chi connectivity index (χ0n) is 11.0. The van der Waals surface area contributed by atoms with Crippen LogP contribution in [0.25, 0.3) is 0 Å². The van der Waals surface area contributed by atoms with Gasteiger partial charge < -0.3 is 9.64 Å². The number of rotatable bonds is 3. The van der Waals surface area contributed by atoms with Gasteiger partial charge in [-0.3, -0.25) is 0 Å². The first kappa shape index (κ1) is 13.7. The van der Waals surface area contributed by atoms with Gasteiger partial charge in [-0.25, -0.2) is 4.99 Å². The minimum atomic E-state index is -2.79. The second kappa shape index (κ2) is 5.99. The van der Waals surface area contributed by atoms with Crippen LogP contribution in [-0.4, -0.2) is 35.0 Å². The normalized spacial score (nSPS) is 24.2. The number of piperidine rings is 1. The first-order chi connectivity index (χ1) is 9.72. The molecule has 0 N–H and O–H groups in total. The lowest BCUT2D eigenvalue weighted by atomic mass is 10.1. The predicted molar refractivity (Wildman–Crippen MR) is 77.0 cm³/mol. The Kier molecular flexibility index (Phi) is 4.10. The average Bonchev–Trinajstić information content (AvgIpc) is 2.84. The summed E-state index contributed by atoms with van der Waals surface area (Å²) in [6.45, 7) is -1.71. The van der Waals surface area contributed by atoms with E-state index in [0.29, 0.717) is 6.04 Å². The summed E-state index contributed by atoms with van der Waals surface area (Å²) in [5.74, 6) is 1.27. The smallest absolute Gasteiger partial charge is 0.387 e. The SMILES string of the molecule is FC(F)Oc1ccc(N=C2SC[C@H]3CCCCN23)cc1. The summed E-state index contributed by atoms with van der Waals surface area (Å²) in [5.41, 5.74) is 0.778. The van der Waals surface area contributed by atoms with Crippen molar-refractivity contribution in [2.24, 2.45) is 4.99 Å². The molecule has 6 heteroatoms. The van der Waals surface area contributed by atoms with Gasteiger partial charge in [0.25, 0.3) is 0 Å². The van der Waals surface area contributed by atoms with Crippen molar-refractivity contribution in [1.29, 1.82) is 0 Å². The maximum absolute atomic E-state index is 12.1. The van der Waals surface area contributed by atoms with Crippen LogP contribution >= 0.6 is 11.8 Å². The maximum atomic E-state index is 12.1. The van der Waals surface area contributed by atoms with E-state index in [1.807, 2.05) is 0 Å². The molecule has 2 heterocycles. The highest BCUT2D eigenvalue weighted by Gasteiger charge is 2.31. The number of hydrogen-bond acceptors (Lipinski definition) is 3. The van der Waals surface area contributed by atoms with Crippen molar-refractivity contribution in [1.82, 2.24) is 4.90 Å². The first-order valence-electron chi connectivity index (χ1n) is 6.75. The van der Waals surface area contributed by atoms with Crippen molar-refractivity contribution in [2.45, 2.75) is 31.9 Å². The fourth-order valence-electron chi connectivity index (χ4n) is 2.59. The van der Waals surface area contributed by atoms with Crippen molar-refractivity contribution >= 4 is 22.6 Å². The Morgan fingerprint density at radius 3 is 2.80 bits per heavy atom. The van der Waals surface area contributed by atoms with Gasteiger partial charge in [-0.15, -0.1) is 0 Å². The molecule has 1 aromatic rings. The fraction of sp³-hybridized carbons (Fsp3) is 0.500. The zero-order chi connectivity index (χ0) is 13.9. The van der Waals surface area contributed by atoms with E-state index in [2.05, 4.69) is 14.6 Å². The second-order valence-corrected chi connectivity index (χ2v) is 5.91. The number of hydrogen-bond donors (Lipinski definition) is 0. The van der Waals surface area contributed by atoms with Gasteiger partial charge in [-0.1, -0.05) is 11.8 Å². The molecule has 2 fully saturated rings. The third-order valence-electron chi connectivity index (χ3n) is 3.56. The number of benzene rings is 1. The number of nitrogens with zero attached hydrogens (tertiary/aromatic N) is 2. The minimum absolute atomic E-state index is 0.166. The van der Waals surface area contributed by atoms with Crippen molar-refractivity contribution < 1.29 is 13.5 Å². The lowest BCUT2D eigenvalue weighted by Gasteiger charge is -2.30. The summed E-state index contributed by atoms with van der Waals surface area (Å²) in [6.07, 6.45) is 3.76. The van der Waals surface area contributed by atoms with Crippen molar-refractivity contribution in [3.8, 4) is 5.75 Å². The summed E-state index contributed by atoms with van der Waals surface area (Å²) in [7, 11) is 0. The standard InChI is InChI=1S/C14H16F2N2OS/c15-13(16)19-12-6-4-10(5-7-12)17-14-18-8-2-1-3-11(18)9-20-14/h4-7,11,13H,1-3,8-9H2/t11-/m1/s1. The number of aliphatic imine (C=N–C) groups is 1. The molecule has 3 nitrogen and oxygen atoms in total. The Morgan fingerprint density at radius 2 is 2.05 bits per heavy atom. The van der Waals surface area contributed by atoms with Gasteiger partial charge in [0.05, 0.1) is 5.69 Å². The molecule has 2 aliphatic heterocycles. The van der Waals surface area contributed by atoms with E-state index >= 15 is 0 Å². The maximum Gasteiger partial charge on any atom is 0.387 e. The van der Waals surface area contributed by atoms with Gasteiger partial charge >= 0.3 is 6.61 Å². The minimum Gasteiger partial charge on any atom is -0.435 e. The van der Waals surface area contributed by atoms with Gasteiger partial charge in [0.2, 0.25) is 0 Å². The summed E-state index contributed by atoms with van der Waals surface area (Å²) >= 11 is 1.78. The molecule has 3 rings (SSSR count). The molecule has 0 amide bonds. The predicted octanol–water partition coefficient (Wildman–Crippen LogP) is 3.88. The lowest BCUT2D eigenvalue weighted by Crippen LogP contribution is -2.37. The summed E-state index contributed by atoms with van der Waals surface area (Å²) in [6, 6.07) is 7.09. The highest BCUT2D eigenvalue weighted by Crippen LogP contribution is 2.32. The first-order valence-corrected chi connectivity index (χ1v) is 7.74. The molecule has 1 aromatic carbocycles. The van der Waals surface area contributed by atoms with Crippen LogP contribution in [0.2, 0.25) is 0 Å². The summed E-state index contributed by atoms with van der Waals surface area (Å²) in [5, 5.41) is 1.05. The summed E-state index contributed by atoms with van der Waals surface area (Å²) in [4.78, 5) is 7.00. The third-order valence-corrected chi connectivity index (χ3v) is 4.70. The van der Waals surface area contributed by atoms with Crippen molar-refractivity contribution in [3.63, 3.8) is 0 Å². The van der Waals surface area contributed by atoms with Crippen LogP contribution < -0.4 is 4.74 Å². The Balaban J connectivity index is 1.71. The molecule has 2 saturated heterocycles. The third kappa shape index (κ3) is 3.06. The van der Waals surface area contributed by atoms with Gasteiger partial charge in [-0.05, 0) is 43.5 Å². The molecule has 0 radical (unpaired) electrons. The van der Waals surface area contributed by atoms with E-state index in [4.69, 9.17) is 0 Å². The highest BCUT2D eigenvalue weighted by atomic mass is 32.2. The number of ether oxygens (including phenoxy) is 1. The lowest BCUT2D eigenvalue weighted by molar-refractivity contribution is -0.0498. The molecule has 0 bridgehead atoms. The van der Waals surface area contributed by atoms with E-state index in [-0.39, 0.29) is 5.75 Å². The number of thioether (sulfide) groups is 1. The molecule has 0 spiro atoms. The van der Waals surface area contributed by atoms with Gasteiger partial charge in [0.1, 0.15) is 5.75 Å². The van der Waals surface area contributed by atoms with Crippen LogP contribution in [0.1, 0.15) is 19.3 Å². The van der Waals surface area contributed by atoms with E-state index in [1.165, 1.54) is 31.4 Å². The molecule has 0 saturated carbocycles. The van der Waals surface area contributed by atoms with Crippen LogP contribution in [-0.2, 0) is 0 Å². The van der Waals surface area contributed by atoms with Gasteiger partial charge in [-0.2, -0.15) is 8.78 Å². The largest absolute Gasteiger partial charge is 0.435 e. The van der Waals surface area contributed by atoms with Crippen LogP contribution in [0.3, 0.4) is 0 Å². The monoisotopic (exact) mass is 298 g/mol. The number of fused-ring (bicyclic) bond motifs is 1. The molecule has 0 aromatic heterocycles. The molecule has 108 valence electrons. The van der Waals surface area contributed by atoms with Gasteiger partial charge in [0.15, 0.2) is 5.17 Å². The molecule has 0 unspecified atom stereocenters. The highest BCUT2D eigenvalue weighted by molar-refractivity contribution is 8.14. The van der Waals surface area contributed by atoms with Crippen LogP contribution in [0.15, 0.2) is 29.3 Å². The molecule has 0 aliphatic carbocycles. The fourth-order valence-corrected chi connectivity index (χ4v) is 3.85. The zero-order valence-corrected chi connectivity index (χ0v) is 11.8. The van der Waals surface area contributed by atoms with Crippen LogP contribution in [0.4, 0.5) is 14.5 Å². The summed E-state index contributed by atoms with van der Waals surface area (Å²) < 4.78 is 28.5. The quantitative estimate of drug-likeness (QED) is 0.846. The number of amidine groups is 1. The number of halogens is 2. The molecule has 2 aliphatic rings. The van der Waals surface area contributed by atoms with E-state index in [0.717, 1.165) is 23.2 Å². The van der Waals surface area contributed by atoms with E-state index in [9.17, 15) is 8.78 Å². The average molecular weight is 298 g/mol. The molecule has 20 heavy (non-hydrogen) atoms. The Bertz CT molecular complexity index is 492. The Hall–Kier alpha value is -1.30. The topological polar surface area (TPSA) is 24.8 Å². The Morgan fingerprint density at radius 1 is 1.25 bits per heavy atom. The Labute approximate surface area is 121 Å². The van der Waals surface area contributed by atoms with E-state index in [1.54, 1.807) is 23.9 Å². The van der Waals surface area contributed by atoms with Crippen molar-refractivity contribution in [3.05, 3.63) is 24.3 Å².